The zero-order chi connectivity index (χ0) is 16.1. The molecule has 1 saturated heterocycles. The molecule has 1 unspecified atom stereocenters. The number of rotatable bonds is 5. The Balaban J connectivity index is 0.00000264. The van der Waals surface area contributed by atoms with E-state index in [-0.39, 0.29) is 30.3 Å². The molecule has 23 heavy (non-hydrogen) atoms. The fourth-order valence-corrected chi connectivity index (χ4v) is 2.78. The molecule has 1 fully saturated rings. The van der Waals surface area contributed by atoms with Gasteiger partial charge in [0.25, 0.3) is 11.8 Å². The molecule has 0 aromatic heterocycles. The lowest BCUT2D eigenvalue weighted by Gasteiger charge is -2.28. The molecular formula is C17H26ClN3O2. The van der Waals surface area contributed by atoms with Gasteiger partial charge >= 0.3 is 0 Å². The van der Waals surface area contributed by atoms with Crippen LogP contribution >= 0.6 is 12.4 Å². The first kappa shape index (κ1) is 19.5. The quantitative estimate of drug-likeness (QED) is 0.893. The van der Waals surface area contributed by atoms with E-state index in [2.05, 4.69) is 12.2 Å². The third-order valence-electron chi connectivity index (χ3n) is 3.99. The fourth-order valence-electron chi connectivity index (χ4n) is 2.78. The van der Waals surface area contributed by atoms with Crippen LogP contribution in [0.3, 0.4) is 0 Å². The van der Waals surface area contributed by atoms with Crippen molar-refractivity contribution in [3.05, 3.63) is 35.4 Å². The maximum atomic E-state index is 12.7. The molecule has 5 nitrogen and oxygen atoms in total. The predicted molar refractivity (Wildman–Crippen MR) is 94.3 cm³/mol. The zero-order valence-corrected chi connectivity index (χ0v) is 14.9. The van der Waals surface area contributed by atoms with Crippen LogP contribution in [0.25, 0.3) is 0 Å². The molecule has 0 aliphatic carbocycles. The average Bonchev–Trinajstić information content (AvgIpc) is 3.05. The van der Waals surface area contributed by atoms with Gasteiger partial charge < -0.3 is 15.1 Å². The summed E-state index contributed by atoms with van der Waals surface area (Å²) >= 11 is 0. The van der Waals surface area contributed by atoms with Crippen LogP contribution in [0.2, 0.25) is 0 Å². The van der Waals surface area contributed by atoms with Gasteiger partial charge in [-0.15, -0.1) is 12.4 Å². The van der Waals surface area contributed by atoms with E-state index in [1.165, 1.54) is 4.90 Å². The van der Waals surface area contributed by atoms with Crippen molar-refractivity contribution in [2.75, 3.05) is 33.7 Å². The third kappa shape index (κ3) is 4.69. The first-order chi connectivity index (χ1) is 10.5. The van der Waals surface area contributed by atoms with E-state index in [0.29, 0.717) is 11.1 Å². The predicted octanol–water partition coefficient (Wildman–Crippen LogP) is 2.02. The standard InChI is InChI=1S/C17H25N3O2.ClH/c1-4-11-20(15-9-10-18-12-15)17(22)14-7-5-13(6-8-14)16(21)19(2)3;/h5-8,15,18H,4,9-12H2,1-3H3;1H. The number of nitrogens with one attached hydrogen (secondary N) is 1. The normalized spacial score (nSPS) is 16.6. The Morgan fingerprint density at radius 3 is 2.13 bits per heavy atom. The second-order valence-corrected chi connectivity index (χ2v) is 5.92. The van der Waals surface area contributed by atoms with Gasteiger partial charge in [-0.1, -0.05) is 6.92 Å². The Kier molecular flexibility index (Phi) is 7.52. The Bertz CT molecular complexity index is 525. The zero-order valence-electron chi connectivity index (χ0n) is 14.0. The van der Waals surface area contributed by atoms with Crippen LogP contribution in [0, 0.1) is 0 Å². The molecule has 1 aromatic carbocycles. The lowest BCUT2D eigenvalue weighted by atomic mass is 10.1. The van der Waals surface area contributed by atoms with Crippen molar-refractivity contribution in [3.63, 3.8) is 0 Å². The number of carbonyl (C=O) groups excluding carboxylic acids is 2. The van der Waals surface area contributed by atoms with Gasteiger partial charge in [-0.2, -0.15) is 0 Å². The lowest BCUT2D eigenvalue weighted by Crippen LogP contribution is -2.42. The first-order valence-corrected chi connectivity index (χ1v) is 7.88. The second-order valence-electron chi connectivity index (χ2n) is 5.92. The van der Waals surface area contributed by atoms with Crippen LogP contribution in [0.1, 0.15) is 40.5 Å². The van der Waals surface area contributed by atoms with Gasteiger partial charge in [0.2, 0.25) is 0 Å². The number of halogens is 1. The highest BCUT2D eigenvalue weighted by Gasteiger charge is 2.26. The summed E-state index contributed by atoms with van der Waals surface area (Å²) in [6, 6.07) is 7.24. The van der Waals surface area contributed by atoms with E-state index >= 15 is 0 Å². The van der Waals surface area contributed by atoms with Gasteiger partial charge in [-0.3, -0.25) is 9.59 Å². The van der Waals surface area contributed by atoms with Crippen molar-refractivity contribution in [2.24, 2.45) is 0 Å². The molecule has 0 spiro atoms. The van der Waals surface area contributed by atoms with Crippen molar-refractivity contribution in [2.45, 2.75) is 25.8 Å². The average molecular weight is 340 g/mol. The molecule has 1 heterocycles. The summed E-state index contributed by atoms with van der Waals surface area (Å²) < 4.78 is 0. The van der Waals surface area contributed by atoms with Gasteiger partial charge in [0.1, 0.15) is 0 Å². The Labute approximate surface area is 144 Å². The summed E-state index contributed by atoms with van der Waals surface area (Å²) in [6.45, 7) is 4.68. The third-order valence-corrected chi connectivity index (χ3v) is 3.99. The van der Waals surface area contributed by atoms with Crippen LogP contribution in [0.5, 0.6) is 0 Å². The molecule has 1 N–H and O–H groups in total. The smallest absolute Gasteiger partial charge is 0.254 e. The summed E-state index contributed by atoms with van der Waals surface area (Å²) in [5, 5.41) is 3.31. The second kappa shape index (κ2) is 8.89. The molecule has 2 rings (SSSR count). The van der Waals surface area contributed by atoms with Crippen LogP contribution in [0.15, 0.2) is 24.3 Å². The van der Waals surface area contributed by atoms with E-state index in [9.17, 15) is 9.59 Å². The van der Waals surface area contributed by atoms with E-state index in [0.717, 1.165) is 32.5 Å². The lowest BCUT2D eigenvalue weighted by molar-refractivity contribution is 0.0691. The highest BCUT2D eigenvalue weighted by Crippen LogP contribution is 2.15. The van der Waals surface area contributed by atoms with Crippen LogP contribution in [0.4, 0.5) is 0 Å². The van der Waals surface area contributed by atoms with Gasteiger partial charge in [-0.05, 0) is 43.7 Å². The van der Waals surface area contributed by atoms with Crippen molar-refractivity contribution in [1.82, 2.24) is 15.1 Å². The number of benzene rings is 1. The highest BCUT2D eigenvalue weighted by molar-refractivity contribution is 5.97. The number of hydrogen-bond acceptors (Lipinski definition) is 3. The van der Waals surface area contributed by atoms with Crippen molar-refractivity contribution in [1.29, 1.82) is 0 Å². The number of hydrogen-bond donors (Lipinski definition) is 1. The molecule has 0 bridgehead atoms. The van der Waals surface area contributed by atoms with E-state index < -0.39 is 0 Å². The molecule has 1 aliphatic rings. The largest absolute Gasteiger partial charge is 0.345 e. The van der Waals surface area contributed by atoms with Crippen LogP contribution in [-0.4, -0.2) is 61.4 Å². The Morgan fingerprint density at radius 2 is 1.70 bits per heavy atom. The molecule has 6 heteroatoms. The van der Waals surface area contributed by atoms with E-state index in [1.807, 2.05) is 4.90 Å². The topological polar surface area (TPSA) is 52.7 Å². The number of nitrogens with zero attached hydrogens (tertiary/aromatic N) is 2. The SMILES string of the molecule is CCCN(C(=O)c1ccc(C(=O)N(C)C)cc1)C1CCNC1.Cl. The first-order valence-electron chi connectivity index (χ1n) is 7.88. The van der Waals surface area contributed by atoms with Gasteiger partial charge in [0.05, 0.1) is 0 Å². The van der Waals surface area contributed by atoms with Crippen molar-refractivity contribution < 1.29 is 9.59 Å². The molecule has 1 aromatic rings. The molecule has 1 atom stereocenters. The number of carbonyl (C=O) groups is 2. The van der Waals surface area contributed by atoms with Crippen molar-refractivity contribution >= 4 is 24.2 Å². The highest BCUT2D eigenvalue weighted by atomic mass is 35.5. The molecule has 1 aliphatic heterocycles. The number of amides is 2. The molecular weight excluding hydrogens is 314 g/mol. The minimum absolute atomic E-state index is 0. The van der Waals surface area contributed by atoms with Gasteiger partial charge in [0.15, 0.2) is 0 Å². The van der Waals surface area contributed by atoms with Gasteiger partial charge in [0, 0.05) is 44.4 Å². The van der Waals surface area contributed by atoms with E-state index in [4.69, 9.17) is 0 Å². The molecule has 2 amide bonds. The maximum Gasteiger partial charge on any atom is 0.254 e. The molecule has 128 valence electrons. The summed E-state index contributed by atoms with van der Waals surface area (Å²) in [5.41, 5.74) is 1.25. The van der Waals surface area contributed by atoms with Crippen LogP contribution < -0.4 is 5.32 Å². The van der Waals surface area contributed by atoms with E-state index in [1.54, 1.807) is 38.4 Å². The fraction of sp³-hybridized carbons (Fsp3) is 0.529. The summed E-state index contributed by atoms with van der Waals surface area (Å²) in [6.07, 6.45) is 1.95. The Hall–Kier alpha value is -1.59. The van der Waals surface area contributed by atoms with Crippen molar-refractivity contribution in [3.8, 4) is 0 Å². The summed E-state index contributed by atoms with van der Waals surface area (Å²) in [5.74, 6) is 0.00353. The Morgan fingerprint density at radius 1 is 1.13 bits per heavy atom. The van der Waals surface area contributed by atoms with Gasteiger partial charge in [-0.25, -0.2) is 0 Å². The minimum atomic E-state index is -0.0515. The molecule has 0 saturated carbocycles. The minimum Gasteiger partial charge on any atom is -0.345 e. The van der Waals surface area contributed by atoms with Crippen LogP contribution in [-0.2, 0) is 0 Å². The maximum absolute atomic E-state index is 12.7. The monoisotopic (exact) mass is 339 g/mol. The summed E-state index contributed by atoms with van der Waals surface area (Å²) in [7, 11) is 3.44. The molecule has 0 radical (unpaired) electrons. The summed E-state index contributed by atoms with van der Waals surface area (Å²) in [4.78, 5) is 28.1.